The van der Waals surface area contributed by atoms with E-state index in [0.29, 0.717) is 12.9 Å². The van der Waals surface area contributed by atoms with Crippen LogP contribution in [0.5, 0.6) is 0 Å². The topological polar surface area (TPSA) is 72.9 Å². The van der Waals surface area contributed by atoms with Crippen molar-refractivity contribution in [2.24, 2.45) is 5.92 Å². The number of nitrogens with zero attached hydrogens (tertiary/aromatic N) is 1. The highest BCUT2D eigenvalue weighted by molar-refractivity contribution is 5.84. The van der Waals surface area contributed by atoms with E-state index in [1.807, 2.05) is 26.8 Å². The minimum atomic E-state index is -0.768. The Morgan fingerprint density at radius 1 is 1.22 bits per heavy atom. The predicted molar refractivity (Wildman–Crippen MR) is 87.6 cm³/mol. The fourth-order valence-corrected chi connectivity index (χ4v) is 2.05. The van der Waals surface area contributed by atoms with Crippen LogP contribution >= 0.6 is 0 Å². The maximum Gasteiger partial charge on any atom is 0.329 e. The number of carbonyl (C=O) groups excluding carboxylic acids is 3. The van der Waals surface area contributed by atoms with Crippen molar-refractivity contribution in [1.82, 2.24) is 4.90 Å². The predicted octanol–water partition coefficient (Wildman–Crippen LogP) is 2.32. The first kappa shape index (κ1) is 21.1. The second-order valence-corrected chi connectivity index (χ2v) is 5.96. The molecule has 0 aliphatic heterocycles. The van der Waals surface area contributed by atoms with Crippen LogP contribution < -0.4 is 0 Å². The van der Waals surface area contributed by atoms with E-state index in [1.165, 1.54) is 6.92 Å². The van der Waals surface area contributed by atoms with Crippen molar-refractivity contribution in [2.75, 3.05) is 13.7 Å². The van der Waals surface area contributed by atoms with Crippen LogP contribution in [0.2, 0.25) is 0 Å². The van der Waals surface area contributed by atoms with Crippen LogP contribution in [0.3, 0.4) is 0 Å². The van der Waals surface area contributed by atoms with Crippen molar-refractivity contribution in [2.45, 2.75) is 59.6 Å². The zero-order chi connectivity index (χ0) is 18.0. The first-order chi connectivity index (χ1) is 10.7. The fourth-order valence-electron chi connectivity index (χ4n) is 2.05. The standard InChI is InChI=1S/C17H29NO5/c1-7-8-15(10-22-11-19)18(6)16(9-12(2)3)17(21)23-14(5)13(4)20/h8,11-12,14,16H,7,9-10H2,1-6H3/b15-8-. The number of Topliss-reactive ketones (excluding diaryl/α,β-unsaturated/α-hetero) is 1. The summed E-state index contributed by atoms with van der Waals surface area (Å²) < 4.78 is 10.1. The highest BCUT2D eigenvalue weighted by Crippen LogP contribution is 2.18. The maximum atomic E-state index is 12.5. The van der Waals surface area contributed by atoms with Gasteiger partial charge in [-0.05, 0) is 32.6 Å². The monoisotopic (exact) mass is 327 g/mol. The van der Waals surface area contributed by atoms with E-state index >= 15 is 0 Å². The molecule has 0 N–H and O–H groups in total. The largest absolute Gasteiger partial charge is 0.461 e. The van der Waals surface area contributed by atoms with Crippen molar-refractivity contribution in [3.05, 3.63) is 11.8 Å². The zero-order valence-corrected chi connectivity index (χ0v) is 15.0. The third-order valence-electron chi connectivity index (χ3n) is 3.49. The molecule has 2 atom stereocenters. The molecule has 0 spiro atoms. The highest BCUT2D eigenvalue weighted by Gasteiger charge is 2.29. The van der Waals surface area contributed by atoms with E-state index < -0.39 is 18.1 Å². The number of rotatable bonds is 11. The number of ketones is 1. The van der Waals surface area contributed by atoms with Crippen molar-refractivity contribution in [3.63, 3.8) is 0 Å². The summed E-state index contributed by atoms with van der Waals surface area (Å²) in [6, 6.07) is -0.537. The van der Waals surface area contributed by atoms with Crippen molar-refractivity contribution < 1.29 is 23.9 Å². The quantitative estimate of drug-likeness (QED) is 0.428. The first-order valence-electron chi connectivity index (χ1n) is 7.92. The van der Waals surface area contributed by atoms with Crippen LogP contribution in [0.15, 0.2) is 11.8 Å². The van der Waals surface area contributed by atoms with Crippen LogP contribution in [-0.4, -0.2) is 48.9 Å². The number of ether oxygens (including phenoxy) is 2. The molecule has 0 saturated heterocycles. The van der Waals surface area contributed by atoms with Gasteiger partial charge in [-0.3, -0.25) is 9.59 Å². The van der Waals surface area contributed by atoms with Gasteiger partial charge in [0, 0.05) is 12.7 Å². The molecule has 0 bridgehead atoms. The van der Waals surface area contributed by atoms with Gasteiger partial charge in [0.15, 0.2) is 11.9 Å². The molecular weight excluding hydrogens is 298 g/mol. The highest BCUT2D eigenvalue weighted by atomic mass is 16.5. The third-order valence-corrected chi connectivity index (χ3v) is 3.49. The summed E-state index contributed by atoms with van der Waals surface area (Å²) >= 11 is 0. The average molecular weight is 327 g/mol. The number of carbonyl (C=O) groups is 3. The van der Waals surface area contributed by atoms with E-state index in [4.69, 9.17) is 9.47 Å². The van der Waals surface area contributed by atoms with E-state index in [0.717, 1.165) is 12.1 Å². The zero-order valence-electron chi connectivity index (χ0n) is 15.0. The molecule has 2 unspecified atom stereocenters. The Bertz CT molecular complexity index is 431. The van der Waals surface area contributed by atoms with Gasteiger partial charge < -0.3 is 14.4 Å². The summed E-state index contributed by atoms with van der Waals surface area (Å²) in [7, 11) is 1.77. The summed E-state index contributed by atoms with van der Waals surface area (Å²) in [5.41, 5.74) is 0.734. The summed E-state index contributed by atoms with van der Waals surface area (Å²) in [5.74, 6) is -0.382. The van der Waals surface area contributed by atoms with Crippen LogP contribution in [0.25, 0.3) is 0 Å². The van der Waals surface area contributed by atoms with E-state index in [1.54, 1.807) is 18.9 Å². The lowest BCUT2D eigenvalue weighted by Gasteiger charge is -2.31. The third kappa shape index (κ3) is 7.81. The molecule has 0 aromatic rings. The molecule has 0 rings (SSSR count). The van der Waals surface area contributed by atoms with Gasteiger partial charge in [-0.1, -0.05) is 26.8 Å². The van der Waals surface area contributed by atoms with Gasteiger partial charge in [-0.2, -0.15) is 0 Å². The van der Waals surface area contributed by atoms with Crippen molar-refractivity contribution in [1.29, 1.82) is 0 Å². The van der Waals surface area contributed by atoms with Gasteiger partial charge >= 0.3 is 5.97 Å². The maximum absolute atomic E-state index is 12.5. The molecule has 132 valence electrons. The summed E-state index contributed by atoms with van der Waals surface area (Å²) in [6.45, 7) is 9.40. The molecule has 0 saturated carbocycles. The molecule has 0 amide bonds. The molecule has 6 heteroatoms. The normalized spacial score (nSPS) is 14.1. The number of hydrogen-bond acceptors (Lipinski definition) is 6. The summed E-state index contributed by atoms with van der Waals surface area (Å²) in [5, 5.41) is 0. The van der Waals surface area contributed by atoms with Gasteiger partial charge in [0.2, 0.25) is 0 Å². The van der Waals surface area contributed by atoms with E-state index in [9.17, 15) is 14.4 Å². The number of hydrogen-bond donors (Lipinski definition) is 0. The molecule has 0 fully saturated rings. The summed E-state index contributed by atoms with van der Waals surface area (Å²) in [6.07, 6.45) is 2.45. The van der Waals surface area contributed by atoms with Crippen LogP contribution in [0.1, 0.15) is 47.5 Å². The van der Waals surface area contributed by atoms with Crippen LogP contribution in [0.4, 0.5) is 0 Å². The Labute approximate surface area is 138 Å². The Morgan fingerprint density at radius 3 is 2.26 bits per heavy atom. The fraction of sp³-hybridized carbons (Fsp3) is 0.706. The number of likely N-dealkylation sites (N-methyl/N-ethyl adjacent to an activating group) is 1. The van der Waals surface area contributed by atoms with Gasteiger partial charge in [0.05, 0.1) is 0 Å². The van der Waals surface area contributed by atoms with E-state index in [2.05, 4.69) is 0 Å². The molecule has 0 aromatic carbocycles. The van der Waals surface area contributed by atoms with Crippen LogP contribution in [-0.2, 0) is 23.9 Å². The summed E-state index contributed by atoms with van der Waals surface area (Å²) in [4.78, 5) is 36.0. The number of allylic oxidation sites excluding steroid dienone is 1. The second-order valence-electron chi connectivity index (χ2n) is 5.96. The van der Waals surface area contributed by atoms with Crippen LogP contribution in [0, 0.1) is 5.92 Å². The molecule has 0 aliphatic rings. The Balaban J connectivity index is 5.25. The Morgan fingerprint density at radius 2 is 1.83 bits per heavy atom. The average Bonchev–Trinajstić information content (AvgIpc) is 2.47. The van der Waals surface area contributed by atoms with Gasteiger partial charge in [-0.15, -0.1) is 0 Å². The molecular formula is C17H29NO5. The van der Waals surface area contributed by atoms with Gasteiger partial charge in [0.25, 0.3) is 6.47 Å². The van der Waals surface area contributed by atoms with Gasteiger partial charge in [0.1, 0.15) is 12.6 Å². The number of esters is 1. The lowest BCUT2D eigenvalue weighted by atomic mass is 10.0. The lowest BCUT2D eigenvalue weighted by molar-refractivity contribution is -0.158. The minimum absolute atomic E-state index is 0.0952. The van der Waals surface area contributed by atoms with E-state index in [-0.39, 0.29) is 18.3 Å². The SMILES string of the molecule is CC/C=C(/COC=O)N(C)C(CC(C)C)C(=O)OC(C)C(C)=O. The first-order valence-corrected chi connectivity index (χ1v) is 7.92. The smallest absolute Gasteiger partial charge is 0.329 e. The van der Waals surface area contributed by atoms with Crippen molar-refractivity contribution in [3.8, 4) is 0 Å². The minimum Gasteiger partial charge on any atom is -0.461 e. The molecule has 0 radical (unpaired) electrons. The molecule has 6 nitrogen and oxygen atoms in total. The molecule has 0 aliphatic carbocycles. The molecule has 23 heavy (non-hydrogen) atoms. The molecule has 0 aromatic heterocycles. The lowest BCUT2D eigenvalue weighted by Crippen LogP contribution is -2.42. The second kappa shape index (κ2) is 10.8. The Hall–Kier alpha value is -1.85. The van der Waals surface area contributed by atoms with Crippen molar-refractivity contribution >= 4 is 18.2 Å². The molecule has 0 heterocycles. The van der Waals surface area contributed by atoms with Gasteiger partial charge in [-0.25, -0.2) is 4.79 Å². The Kier molecular flexibility index (Phi) is 9.94.